The molecule has 1 N–H and O–H groups in total. The van der Waals surface area contributed by atoms with Gasteiger partial charge in [0.05, 0.1) is 6.42 Å². The lowest BCUT2D eigenvalue weighted by Gasteiger charge is -2.05. The fourth-order valence-electron chi connectivity index (χ4n) is 1.59. The van der Waals surface area contributed by atoms with Gasteiger partial charge in [0.25, 0.3) is 0 Å². The van der Waals surface area contributed by atoms with Crippen LogP contribution in [0.1, 0.15) is 10.4 Å². The van der Waals surface area contributed by atoms with E-state index in [1.807, 2.05) is 17.5 Å². The van der Waals surface area contributed by atoms with Crippen LogP contribution in [-0.2, 0) is 24.8 Å². The third kappa shape index (κ3) is 3.30. The first-order chi connectivity index (χ1) is 8.65. The van der Waals surface area contributed by atoms with E-state index in [1.54, 1.807) is 30.6 Å². The molecule has 0 saturated heterocycles. The summed E-state index contributed by atoms with van der Waals surface area (Å²) < 4.78 is 1.50. The van der Waals surface area contributed by atoms with Gasteiger partial charge in [-0.25, -0.2) is 0 Å². The van der Waals surface area contributed by atoms with Crippen molar-refractivity contribution < 1.29 is 4.79 Å². The van der Waals surface area contributed by atoms with E-state index in [9.17, 15) is 9.59 Å². The quantitative estimate of drug-likeness (QED) is 0.903. The molecule has 0 spiro atoms. The van der Waals surface area contributed by atoms with Crippen molar-refractivity contribution in [2.45, 2.75) is 13.0 Å². The molecule has 1 amide bonds. The van der Waals surface area contributed by atoms with Crippen LogP contribution < -0.4 is 10.9 Å². The number of aryl methyl sites for hydroxylation is 1. The van der Waals surface area contributed by atoms with Gasteiger partial charge in [-0.1, -0.05) is 12.1 Å². The third-order valence-electron chi connectivity index (χ3n) is 2.55. The van der Waals surface area contributed by atoms with Crippen molar-refractivity contribution >= 4 is 17.2 Å². The largest absolute Gasteiger partial charge is 0.352 e. The van der Waals surface area contributed by atoms with E-state index in [-0.39, 0.29) is 11.5 Å². The van der Waals surface area contributed by atoms with Crippen LogP contribution in [0, 0.1) is 0 Å². The number of carbonyl (C=O) groups is 1. The van der Waals surface area contributed by atoms with Crippen molar-refractivity contribution in [1.82, 2.24) is 9.88 Å². The molecule has 0 unspecified atom stereocenters. The highest BCUT2D eigenvalue weighted by Crippen LogP contribution is 2.08. The number of nitrogens with zero attached hydrogens (tertiary/aromatic N) is 1. The van der Waals surface area contributed by atoms with E-state index in [1.165, 1.54) is 10.6 Å². The van der Waals surface area contributed by atoms with Gasteiger partial charge < -0.3 is 9.88 Å². The van der Waals surface area contributed by atoms with Crippen molar-refractivity contribution in [3.05, 3.63) is 56.6 Å². The van der Waals surface area contributed by atoms with Crippen LogP contribution in [0.3, 0.4) is 0 Å². The Kier molecular flexibility index (Phi) is 3.94. The van der Waals surface area contributed by atoms with E-state index < -0.39 is 0 Å². The highest BCUT2D eigenvalue weighted by atomic mass is 32.1. The van der Waals surface area contributed by atoms with Gasteiger partial charge in [-0.3, -0.25) is 9.59 Å². The number of hydrogen-bond acceptors (Lipinski definition) is 3. The molecular weight excluding hydrogens is 248 g/mol. The fraction of sp³-hybridized carbons (Fsp3) is 0.231. The van der Waals surface area contributed by atoms with E-state index in [2.05, 4.69) is 5.32 Å². The van der Waals surface area contributed by atoms with Crippen LogP contribution in [0.25, 0.3) is 0 Å². The van der Waals surface area contributed by atoms with Crippen molar-refractivity contribution in [2.24, 2.45) is 7.05 Å². The van der Waals surface area contributed by atoms with Crippen LogP contribution in [-0.4, -0.2) is 10.5 Å². The van der Waals surface area contributed by atoms with Gasteiger partial charge >= 0.3 is 0 Å². The molecule has 0 aliphatic carbocycles. The number of pyridine rings is 1. The molecule has 4 nitrogen and oxygen atoms in total. The Bertz CT molecular complexity index is 587. The van der Waals surface area contributed by atoms with Gasteiger partial charge in [0, 0.05) is 30.7 Å². The van der Waals surface area contributed by atoms with E-state index in [0.29, 0.717) is 13.0 Å². The summed E-state index contributed by atoms with van der Waals surface area (Å²) in [5, 5.41) is 4.79. The summed E-state index contributed by atoms with van der Waals surface area (Å²) in [4.78, 5) is 23.9. The average molecular weight is 262 g/mol. The molecule has 2 rings (SSSR count). The molecule has 0 aromatic carbocycles. The maximum atomic E-state index is 11.7. The van der Waals surface area contributed by atoms with Crippen LogP contribution in [0.15, 0.2) is 40.6 Å². The van der Waals surface area contributed by atoms with Gasteiger partial charge in [0.2, 0.25) is 11.5 Å². The van der Waals surface area contributed by atoms with Crippen LogP contribution in [0.5, 0.6) is 0 Å². The molecule has 0 atom stereocenters. The molecule has 5 heteroatoms. The first-order valence-corrected chi connectivity index (χ1v) is 6.48. The zero-order valence-corrected chi connectivity index (χ0v) is 10.9. The summed E-state index contributed by atoms with van der Waals surface area (Å²) >= 11 is 1.57. The predicted molar refractivity (Wildman–Crippen MR) is 71.6 cm³/mol. The number of nitrogens with one attached hydrogen (secondary N) is 1. The molecule has 2 aromatic rings. The summed E-state index contributed by atoms with van der Waals surface area (Å²) in [7, 11) is 1.69. The predicted octanol–water partition coefficient (Wildman–Crippen LogP) is 1.31. The minimum Gasteiger partial charge on any atom is -0.352 e. The Balaban J connectivity index is 1.89. The summed E-state index contributed by atoms with van der Waals surface area (Å²) in [6, 6.07) is 7.10. The Morgan fingerprint density at radius 2 is 2.22 bits per heavy atom. The summed E-state index contributed by atoms with van der Waals surface area (Å²) in [5.41, 5.74) is 0.861. The minimum atomic E-state index is -0.0522. The van der Waals surface area contributed by atoms with Crippen LogP contribution in [0.4, 0.5) is 0 Å². The third-order valence-corrected chi connectivity index (χ3v) is 3.43. The van der Waals surface area contributed by atoms with E-state index in [0.717, 1.165) is 10.4 Å². The fourth-order valence-corrected chi connectivity index (χ4v) is 2.29. The van der Waals surface area contributed by atoms with Crippen molar-refractivity contribution in [3.63, 3.8) is 0 Å². The molecule has 0 aliphatic heterocycles. The lowest BCUT2D eigenvalue weighted by atomic mass is 10.2. The second-order valence-corrected chi connectivity index (χ2v) is 5.05. The molecule has 0 radical (unpaired) electrons. The lowest BCUT2D eigenvalue weighted by Crippen LogP contribution is -2.25. The molecule has 18 heavy (non-hydrogen) atoms. The average Bonchev–Trinajstić information content (AvgIpc) is 2.83. The van der Waals surface area contributed by atoms with Crippen molar-refractivity contribution in [3.8, 4) is 0 Å². The maximum absolute atomic E-state index is 11.7. The highest BCUT2D eigenvalue weighted by Gasteiger charge is 2.04. The van der Waals surface area contributed by atoms with E-state index in [4.69, 9.17) is 0 Å². The number of amides is 1. The number of carbonyl (C=O) groups excluding carboxylic acids is 1. The lowest BCUT2D eigenvalue weighted by molar-refractivity contribution is -0.120. The first-order valence-electron chi connectivity index (χ1n) is 5.60. The van der Waals surface area contributed by atoms with Gasteiger partial charge in [0.1, 0.15) is 0 Å². The normalized spacial score (nSPS) is 10.3. The molecule has 0 saturated carbocycles. The number of thiophene rings is 1. The van der Waals surface area contributed by atoms with Crippen LogP contribution in [0.2, 0.25) is 0 Å². The zero-order chi connectivity index (χ0) is 13.0. The topological polar surface area (TPSA) is 51.1 Å². The second-order valence-electron chi connectivity index (χ2n) is 4.02. The zero-order valence-electron chi connectivity index (χ0n) is 10.1. The molecule has 0 fully saturated rings. The van der Waals surface area contributed by atoms with Gasteiger partial charge in [-0.15, -0.1) is 11.3 Å². The molecule has 94 valence electrons. The number of hydrogen-bond donors (Lipinski definition) is 1. The van der Waals surface area contributed by atoms with Gasteiger partial charge in [0.15, 0.2) is 0 Å². The number of aromatic nitrogens is 1. The molecule has 0 bridgehead atoms. The van der Waals surface area contributed by atoms with Gasteiger partial charge in [-0.05, 0) is 17.0 Å². The summed E-state index contributed by atoms with van der Waals surface area (Å²) in [6.07, 6.45) is 2.14. The van der Waals surface area contributed by atoms with Crippen molar-refractivity contribution in [2.75, 3.05) is 0 Å². The number of rotatable bonds is 4. The maximum Gasteiger partial charge on any atom is 0.250 e. The van der Waals surface area contributed by atoms with Gasteiger partial charge in [-0.2, -0.15) is 0 Å². The highest BCUT2D eigenvalue weighted by molar-refractivity contribution is 7.10. The Labute approximate surface area is 109 Å². The summed E-state index contributed by atoms with van der Waals surface area (Å²) in [6.45, 7) is 0.443. The molecule has 0 aliphatic rings. The Morgan fingerprint density at radius 3 is 2.89 bits per heavy atom. The minimum absolute atomic E-state index is 0.00805. The standard InChI is InChI=1S/C13H14N2O2S/c1-15-9-10(4-5-13(15)17)8-14-12(16)7-11-3-2-6-18-11/h2-6,9H,7-8H2,1H3,(H,14,16). The Morgan fingerprint density at radius 1 is 1.39 bits per heavy atom. The summed E-state index contributed by atoms with van der Waals surface area (Å²) in [5.74, 6) is -0.00805. The monoisotopic (exact) mass is 262 g/mol. The molecule has 2 heterocycles. The smallest absolute Gasteiger partial charge is 0.250 e. The van der Waals surface area contributed by atoms with E-state index >= 15 is 0 Å². The Hall–Kier alpha value is -1.88. The van der Waals surface area contributed by atoms with Crippen LogP contribution >= 0.6 is 11.3 Å². The molecular formula is C13H14N2O2S. The molecule has 2 aromatic heterocycles. The van der Waals surface area contributed by atoms with Crippen molar-refractivity contribution in [1.29, 1.82) is 0 Å². The SMILES string of the molecule is Cn1cc(CNC(=O)Cc2cccs2)ccc1=O. The first kappa shape index (κ1) is 12.6. The second kappa shape index (κ2) is 5.64.